The van der Waals surface area contributed by atoms with Crippen LogP contribution in [0.5, 0.6) is 0 Å². The summed E-state index contributed by atoms with van der Waals surface area (Å²) in [7, 11) is -3.81. The molecule has 1 aliphatic heterocycles. The fourth-order valence-electron chi connectivity index (χ4n) is 3.95. The molecule has 11 heteroatoms. The first kappa shape index (κ1) is 20.8. The lowest BCUT2D eigenvalue weighted by molar-refractivity contribution is -0.119. The molecule has 1 aliphatic carbocycles. The minimum Gasteiger partial charge on any atom is -0.365 e. The van der Waals surface area contributed by atoms with Gasteiger partial charge in [0.2, 0.25) is 5.91 Å². The van der Waals surface area contributed by atoms with Gasteiger partial charge >= 0.3 is 0 Å². The van der Waals surface area contributed by atoms with Crippen molar-refractivity contribution >= 4 is 61.1 Å². The number of anilines is 1. The summed E-state index contributed by atoms with van der Waals surface area (Å²) < 4.78 is 27.7. The Labute approximate surface area is 181 Å². The van der Waals surface area contributed by atoms with Gasteiger partial charge in [0.1, 0.15) is 15.3 Å². The third kappa shape index (κ3) is 3.84. The van der Waals surface area contributed by atoms with Crippen LogP contribution >= 0.6 is 34.3 Å². The number of amides is 2. The largest absolute Gasteiger partial charge is 0.365 e. The maximum atomic E-state index is 13.0. The van der Waals surface area contributed by atoms with Crippen molar-refractivity contribution in [2.24, 2.45) is 5.73 Å². The summed E-state index contributed by atoms with van der Waals surface area (Å²) in [4.78, 5) is 26.1. The topological polar surface area (TPSA) is 110 Å². The zero-order valence-corrected chi connectivity index (χ0v) is 18.6. The molecule has 0 aromatic carbocycles. The number of primary amides is 1. The summed E-state index contributed by atoms with van der Waals surface area (Å²) in [6.45, 7) is 0.263. The number of aryl methyl sites for hydroxylation is 1. The molecule has 2 aromatic rings. The fraction of sp³-hybridized carbons (Fsp3) is 0.444. The number of carbonyl (C=O) groups excluding carboxylic acids is 2. The van der Waals surface area contributed by atoms with E-state index in [9.17, 15) is 18.0 Å². The molecule has 2 amide bonds. The van der Waals surface area contributed by atoms with Crippen LogP contribution < -0.4 is 11.1 Å². The van der Waals surface area contributed by atoms with Gasteiger partial charge in [-0.3, -0.25) is 9.59 Å². The zero-order chi connectivity index (χ0) is 20.8. The van der Waals surface area contributed by atoms with Crippen LogP contribution in [0.3, 0.4) is 0 Å². The normalized spacial score (nSPS) is 19.8. The van der Waals surface area contributed by atoms with Crippen molar-refractivity contribution in [3.8, 4) is 0 Å². The Hall–Kier alpha value is -1.46. The molecule has 7 nitrogen and oxygen atoms in total. The zero-order valence-electron chi connectivity index (χ0n) is 15.4. The van der Waals surface area contributed by atoms with Crippen LogP contribution in [0, 0.1) is 0 Å². The highest BCUT2D eigenvalue weighted by atomic mass is 35.5. The summed E-state index contributed by atoms with van der Waals surface area (Å²) in [6, 6.07) is 2.15. The van der Waals surface area contributed by atoms with E-state index in [2.05, 4.69) is 5.32 Å². The maximum Gasteiger partial charge on any atom is 0.253 e. The average molecular weight is 474 g/mol. The second kappa shape index (κ2) is 7.99. The molecule has 1 saturated heterocycles. The monoisotopic (exact) mass is 473 g/mol. The maximum absolute atomic E-state index is 13.0. The molecule has 4 rings (SSSR count). The van der Waals surface area contributed by atoms with Crippen molar-refractivity contribution in [3.63, 3.8) is 0 Å². The van der Waals surface area contributed by atoms with Crippen molar-refractivity contribution in [3.05, 3.63) is 32.5 Å². The first-order valence-corrected chi connectivity index (χ1v) is 12.8. The molecule has 1 fully saturated rings. The molecule has 3 heterocycles. The quantitative estimate of drug-likeness (QED) is 0.694. The van der Waals surface area contributed by atoms with E-state index in [1.54, 1.807) is 0 Å². The number of thiophene rings is 2. The fourth-order valence-corrected chi connectivity index (χ4v) is 8.52. The van der Waals surface area contributed by atoms with Gasteiger partial charge in [0, 0.05) is 11.4 Å². The highest BCUT2D eigenvalue weighted by Gasteiger charge is 2.40. The van der Waals surface area contributed by atoms with Crippen molar-refractivity contribution in [1.82, 2.24) is 4.31 Å². The average Bonchev–Trinajstić information content (AvgIpc) is 3.39. The van der Waals surface area contributed by atoms with Crippen molar-refractivity contribution in [2.45, 2.75) is 48.8 Å². The minimum absolute atomic E-state index is 0.117. The van der Waals surface area contributed by atoms with E-state index in [-0.39, 0.29) is 10.8 Å². The number of fused-ring (bicyclic) bond motifs is 1. The molecule has 0 unspecified atom stereocenters. The molecule has 0 spiro atoms. The van der Waals surface area contributed by atoms with E-state index in [1.165, 1.54) is 27.8 Å². The Morgan fingerprint density at radius 1 is 1.17 bits per heavy atom. The van der Waals surface area contributed by atoms with Gasteiger partial charge in [0.25, 0.3) is 15.9 Å². The predicted octanol–water partition coefficient (Wildman–Crippen LogP) is 3.23. The summed E-state index contributed by atoms with van der Waals surface area (Å²) in [5.41, 5.74) is 6.88. The number of sulfonamides is 1. The number of nitrogens with zero attached hydrogens (tertiary/aromatic N) is 1. The van der Waals surface area contributed by atoms with Gasteiger partial charge in [-0.2, -0.15) is 4.31 Å². The van der Waals surface area contributed by atoms with Crippen LogP contribution in [0.2, 0.25) is 4.34 Å². The third-order valence-corrected chi connectivity index (χ3v) is 10.1. The number of nitrogens with two attached hydrogens (primary N) is 1. The number of carbonyl (C=O) groups is 2. The van der Waals surface area contributed by atoms with E-state index in [4.69, 9.17) is 17.3 Å². The summed E-state index contributed by atoms with van der Waals surface area (Å²) in [5.74, 6) is -1.00. The van der Waals surface area contributed by atoms with E-state index in [0.717, 1.165) is 47.5 Å². The van der Waals surface area contributed by atoms with E-state index >= 15 is 0 Å². The van der Waals surface area contributed by atoms with Gasteiger partial charge in [-0.25, -0.2) is 8.42 Å². The Kier molecular flexibility index (Phi) is 5.73. The second-order valence-electron chi connectivity index (χ2n) is 7.10. The number of halogens is 1. The van der Waals surface area contributed by atoms with Crippen molar-refractivity contribution in [2.75, 3.05) is 11.9 Å². The number of hydrogen-bond donors (Lipinski definition) is 2. The lowest BCUT2D eigenvalue weighted by Gasteiger charge is -2.22. The molecule has 156 valence electrons. The number of hydrogen-bond acceptors (Lipinski definition) is 6. The first-order valence-electron chi connectivity index (χ1n) is 9.31. The van der Waals surface area contributed by atoms with Gasteiger partial charge in [-0.05, 0) is 56.2 Å². The Morgan fingerprint density at radius 2 is 1.93 bits per heavy atom. The van der Waals surface area contributed by atoms with Gasteiger partial charge in [-0.15, -0.1) is 22.7 Å². The van der Waals surface area contributed by atoms with Crippen LogP contribution in [0.15, 0.2) is 16.3 Å². The minimum atomic E-state index is -3.81. The van der Waals surface area contributed by atoms with E-state index < -0.39 is 27.9 Å². The SMILES string of the molecule is NC(=O)c1c(NC(=O)[C@@H]2CCCN2S(=O)(=O)c2ccc(Cl)s2)sc2c1CCCC2. The molecule has 1 atom stereocenters. The van der Waals surface area contributed by atoms with E-state index in [1.807, 2.05) is 0 Å². The van der Waals surface area contributed by atoms with Crippen molar-refractivity contribution in [1.29, 1.82) is 0 Å². The number of nitrogens with one attached hydrogen (secondary N) is 1. The molecule has 2 aromatic heterocycles. The predicted molar refractivity (Wildman–Crippen MR) is 114 cm³/mol. The molecule has 2 aliphatic rings. The summed E-state index contributed by atoms with van der Waals surface area (Å²) in [6.07, 6.45) is 4.65. The first-order chi connectivity index (χ1) is 13.8. The van der Waals surface area contributed by atoms with E-state index in [0.29, 0.717) is 27.7 Å². The lowest BCUT2D eigenvalue weighted by atomic mass is 9.95. The smallest absolute Gasteiger partial charge is 0.253 e. The standard InChI is InChI=1S/C18H20ClN3O4S3/c19-13-7-8-14(28-13)29(25,26)22-9-3-5-11(22)17(24)21-18-15(16(20)23)10-4-1-2-6-12(10)27-18/h7-8,11H,1-6,9H2,(H2,20,23)(H,21,24)/t11-/m0/s1. The Bertz CT molecular complexity index is 1080. The van der Waals surface area contributed by atoms with Gasteiger partial charge in [0.05, 0.1) is 9.90 Å². The highest BCUT2D eigenvalue weighted by molar-refractivity contribution is 7.91. The van der Waals surface area contributed by atoms with Gasteiger partial charge in [-0.1, -0.05) is 11.6 Å². The Balaban J connectivity index is 1.60. The molecular formula is C18H20ClN3O4S3. The molecule has 0 bridgehead atoms. The second-order valence-corrected chi connectivity index (χ2v) is 12.0. The van der Waals surface area contributed by atoms with Crippen LogP contribution in [-0.2, 0) is 27.7 Å². The molecule has 0 saturated carbocycles. The molecular weight excluding hydrogens is 454 g/mol. The third-order valence-electron chi connectivity index (χ3n) is 5.27. The number of rotatable bonds is 5. The molecule has 3 N–H and O–H groups in total. The van der Waals surface area contributed by atoms with Gasteiger partial charge in [0.15, 0.2) is 0 Å². The van der Waals surface area contributed by atoms with Crippen LogP contribution in [0.25, 0.3) is 0 Å². The van der Waals surface area contributed by atoms with Crippen LogP contribution in [0.1, 0.15) is 46.5 Å². The lowest BCUT2D eigenvalue weighted by Crippen LogP contribution is -2.43. The van der Waals surface area contributed by atoms with Crippen LogP contribution in [0.4, 0.5) is 5.00 Å². The van der Waals surface area contributed by atoms with Crippen LogP contribution in [-0.4, -0.2) is 37.1 Å². The van der Waals surface area contributed by atoms with Crippen molar-refractivity contribution < 1.29 is 18.0 Å². The summed E-state index contributed by atoms with van der Waals surface area (Å²) in [5, 5.41) is 3.23. The Morgan fingerprint density at radius 3 is 2.62 bits per heavy atom. The summed E-state index contributed by atoms with van der Waals surface area (Å²) >= 11 is 8.23. The van der Waals surface area contributed by atoms with Gasteiger partial charge < -0.3 is 11.1 Å². The highest BCUT2D eigenvalue weighted by Crippen LogP contribution is 2.39. The molecule has 0 radical (unpaired) electrons. The molecule has 29 heavy (non-hydrogen) atoms.